The number of benzene rings is 1. The van der Waals surface area contributed by atoms with Gasteiger partial charge in [0, 0.05) is 11.4 Å². The van der Waals surface area contributed by atoms with Gasteiger partial charge in [0.05, 0.1) is 28.5 Å². The summed E-state index contributed by atoms with van der Waals surface area (Å²) in [5.74, 6) is 0.0165. The summed E-state index contributed by atoms with van der Waals surface area (Å²) in [4.78, 5) is 26.0. The zero-order valence-corrected chi connectivity index (χ0v) is 15.6. The molecule has 0 radical (unpaired) electrons. The van der Waals surface area contributed by atoms with E-state index in [1.165, 1.54) is 30.6 Å². The van der Waals surface area contributed by atoms with Gasteiger partial charge in [0.1, 0.15) is 11.4 Å². The van der Waals surface area contributed by atoms with E-state index in [2.05, 4.69) is 5.32 Å². The first-order valence-corrected chi connectivity index (χ1v) is 8.59. The van der Waals surface area contributed by atoms with Gasteiger partial charge in [-0.2, -0.15) is 0 Å². The number of carbonyl (C=O) groups excluding carboxylic acids is 1. The summed E-state index contributed by atoms with van der Waals surface area (Å²) in [5, 5.41) is 13.8. The van der Waals surface area contributed by atoms with Gasteiger partial charge in [-0.3, -0.25) is 19.8 Å². The predicted molar refractivity (Wildman–Crippen MR) is 98.5 cm³/mol. The number of likely N-dealkylation sites (N-methyl/N-ethyl adjacent to an activating group) is 1. The van der Waals surface area contributed by atoms with Crippen molar-refractivity contribution in [1.29, 1.82) is 0 Å². The molecule has 1 aromatic heterocycles. The summed E-state index contributed by atoms with van der Waals surface area (Å²) in [7, 11) is 3.23. The molecule has 134 valence electrons. The summed E-state index contributed by atoms with van der Waals surface area (Å²) >= 11 is 7.36. The van der Waals surface area contributed by atoms with E-state index < -0.39 is 11.0 Å². The number of anilines is 1. The number of halogens is 1. The van der Waals surface area contributed by atoms with Crippen molar-refractivity contribution in [1.82, 2.24) is 4.90 Å². The van der Waals surface area contributed by atoms with Crippen LogP contribution in [0.15, 0.2) is 30.3 Å². The van der Waals surface area contributed by atoms with Crippen molar-refractivity contribution >= 4 is 40.2 Å². The van der Waals surface area contributed by atoms with Crippen LogP contribution < -0.4 is 10.1 Å². The van der Waals surface area contributed by atoms with Gasteiger partial charge in [0.2, 0.25) is 5.91 Å². The molecule has 9 heteroatoms. The van der Waals surface area contributed by atoms with Crippen LogP contribution in [0.3, 0.4) is 0 Å². The summed E-state index contributed by atoms with van der Waals surface area (Å²) in [5.41, 5.74) is -0.0807. The molecule has 0 saturated heterocycles. The Morgan fingerprint density at radius 2 is 2.16 bits per heavy atom. The van der Waals surface area contributed by atoms with Crippen LogP contribution in [0.2, 0.25) is 4.34 Å². The highest BCUT2D eigenvalue weighted by atomic mass is 35.5. The summed E-state index contributed by atoms with van der Waals surface area (Å²) in [6.07, 6.45) is 0. The third kappa shape index (κ3) is 4.91. The Bertz CT molecular complexity index is 780. The lowest BCUT2D eigenvalue weighted by atomic mass is 10.2. The lowest BCUT2D eigenvalue weighted by Gasteiger charge is -2.23. The molecular weight excluding hydrogens is 366 g/mol. The summed E-state index contributed by atoms with van der Waals surface area (Å²) < 4.78 is 5.67. The molecule has 1 heterocycles. The number of amides is 1. The maximum atomic E-state index is 12.4. The second kappa shape index (κ2) is 8.28. The number of hydrogen-bond acceptors (Lipinski definition) is 6. The van der Waals surface area contributed by atoms with E-state index in [9.17, 15) is 14.9 Å². The lowest BCUT2D eigenvalue weighted by molar-refractivity contribution is -0.384. The molecule has 2 rings (SSSR count). The number of nitrogens with zero attached hydrogens (tertiary/aromatic N) is 2. The SMILES string of the molecule is COc1ccc(NC(=O)C(C)N(C)Cc2ccc(Cl)s2)c([N+](=O)[O-])c1. The smallest absolute Gasteiger partial charge is 0.296 e. The van der Waals surface area contributed by atoms with Gasteiger partial charge >= 0.3 is 0 Å². The van der Waals surface area contributed by atoms with E-state index >= 15 is 0 Å². The summed E-state index contributed by atoms with van der Waals surface area (Å²) in [6.45, 7) is 2.29. The molecule has 1 unspecified atom stereocenters. The zero-order chi connectivity index (χ0) is 18.6. The van der Waals surface area contributed by atoms with E-state index in [4.69, 9.17) is 16.3 Å². The number of methoxy groups -OCH3 is 1. The van der Waals surface area contributed by atoms with E-state index in [1.807, 2.05) is 11.0 Å². The second-order valence-electron chi connectivity index (χ2n) is 5.43. The first kappa shape index (κ1) is 19.2. The fraction of sp³-hybridized carbons (Fsp3) is 0.312. The van der Waals surface area contributed by atoms with Crippen LogP contribution in [0.5, 0.6) is 5.75 Å². The quantitative estimate of drug-likeness (QED) is 0.581. The van der Waals surface area contributed by atoms with Crippen LogP contribution in [0.4, 0.5) is 11.4 Å². The van der Waals surface area contributed by atoms with Crippen molar-refractivity contribution < 1.29 is 14.5 Å². The number of carbonyl (C=O) groups is 1. The van der Waals surface area contributed by atoms with Crippen LogP contribution in [-0.4, -0.2) is 35.9 Å². The van der Waals surface area contributed by atoms with Crippen LogP contribution in [0.25, 0.3) is 0 Å². The Morgan fingerprint density at radius 1 is 1.44 bits per heavy atom. The van der Waals surface area contributed by atoms with Crippen LogP contribution >= 0.6 is 22.9 Å². The molecule has 1 atom stereocenters. The molecule has 0 spiro atoms. The van der Waals surface area contributed by atoms with E-state index in [1.54, 1.807) is 26.1 Å². The number of nitro groups is 1. The van der Waals surface area contributed by atoms with Gasteiger partial charge in [0.25, 0.3) is 5.69 Å². The average molecular weight is 384 g/mol. The Labute approximate surface area is 154 Å². The number of thiophene rings is 1. The number of nitrogens with one attached hydrogen (secondary N) is 1. The number of nitro benzene ring substituents is 1. The first-order valence-electron chi connectivity index (χ1n) is 7.39. The van der Waals surface area contributed by atoms with Gasteiger partial charge in [-0.25, -0.2) is 0 Å². The predicted octanol–water partition coefficient (Wildman–Crippen LogP) is 3.78. The summed E-state index contributed by atoms with van der Waals surface area (Å²) in [6, 6.07) is 7.52. The molecule has 0 aliphatic carbocycles. The van der Waals surface area contributed by atoms with Crippen molar-refractivity contribution in [3.63, 3.8) is 0 Å². The highest BCUT2D eigenvalue weighted by molar-refractivity contribution is 7.16. The van der Waals surface area contributed by atoms with Gasteiger partial charge < -0.3 is 10.1 Å². The number of hydrogen-bond donors (Lipinski definition) is 1. The van der Waals surface area contributed by atoms with E-state index in [-0.39, 0.29) is 17.3 Å². The van der Waals surface area contributed by atoms with E-state index in [0.29, 0.717) is 16.6 Å². The molecule has 0 aliphatic rings. The molecule has 1 N–H and O–H groups in total. The monoisotopic (exact) mass is 383 g/mol. The molecular formula is C16H18ClN3O4S. The molecule has 0 bridgehead atoms. The van der Waals surface area contributed by atoms with Crippen LogP contribution in [0.1, 0.15) is 11.8 Å². The molecule has 7 nitrogen and oxygen atoms in total. The number of ether oxygens (including phenoxy) is 1. The Kier molecular flexibility index (Phi) is 6.35. The molecule has 0 aliphatic heterocycles. The van der Waals surface area contributed by atoms with Gasteiger partial charge in [0.15, 0.2) is 0 Å². The standard InChI is InChI=1S/C16H18ClN3O4S/c1-10(19(2)9-12-5-7-15(17)25-12)16(21)18-13-6-4-11(24-3)8-14(13)20(22)23/h4-8,10H,9H2,1-3H3,(H,18,21). The third-order valence-electron chi connectivity index (χ3n) is 3.73. The molecule has 1 amide bonds. The minimum atomic E-state index is -0.555. The highest BCUT2D eigenvalue weighted by Crippen LogP contribution is 2.29. The maximum Gasteiger partial charge on any atom is 0.296 e. The van der Waals surface area contributed by atoms with Gasteiger partial charge in [-0.05, 0) is 38.2 Å². The van der Waals surface area contributed by atoms with Crippen LogP contribution in [0, 0.1) is 10.1 Å². The topological polar surface area (TPSA) is 84.7 Å². The minimum Gasteiger partial charge on any atom is -0.496 e. The van der Waals surface area contributed by atoms with Crippen molar-refractivity contribution in [2.45, 2.75) is 19.5 Å². The fourth-order valence-electron chi connectivity index (χ4n) is 2.15. The largest absolute Gasteiger partial charge is 0.496 e. The van der Waals surface area contributed by atoms with Gasteiger partial charge in [-0.1, -0.05) is 11.6 Å². The Hall–Kier alpha value is -2.16. The third-order valence-corrected chi connectivity index (χ3v) is 4.95. The normalized spacial score (nSPS) is 12.0. The van der Waals surface area contributed by atoms with Crippen LogP contribution in [-0.2, 0) is 11.3 Å². The molecule has 0 saturated carbocycles. The lowest BCUT2D eigenvalue weighted by Crippen LogP contribution is -2.39. The van der Waals surface area contributed by atoms with E-state index in [0.717, 1.165) is 4.88 Å². The molecule has 25 heavy (non-hydrogen) atoms. The van der Waals surface area contributed by atoms with Crippen molar-refractivity contribution in [2.75, 3.05) is 19.5 Å². The average Bonchev–Trinajstić information content (AvgIpc) is 2.98. The van der Waals surface area contributed by atoms with Crippen molar-refractivity contribution in [2.24, 2.45) is 0 Å². The Balaban J connectivity index is 2.09. The maximum absolute atomic E-state index is 12.4. The highest BCUT2D eigenvalue weighted by Gasteiger charge is 2.23. The fourth-order valence-corrected chi connectivity index (χ4v) is 3.30. The Morgan fingerprint density at radius 3 is 2.72 bits per heavy atom. The molecule has 0 fully saturated rings. The van der Waals surface area contributed by atoms with Gasteiger partial charge in [-0.15, -0.1) is 11.3 Å². The molecule has 1 aromatic carbocycles. The minimum absolute atomic E-state index is 0.134. The molecule has 2 aromatic rings. The second-order valence-corrected chi connectivity index (χ2v) is 7.23. The zero-order valence-electron chi connectivity index (χ0n) is 14.0. The van der Waals surface area contributed by atoms with Crippen molar-refractivity contribution in [3.8, 4) is 5.75 Å². The first-order chi connectivity index (χ1) is 11.8. The van der Waals surface area contributed by atoms with Crippen molar-refractivity contribution in [3.05, 3.63) is 49.7 Å². The number of rotatable bonds is 7.